The highest BCUT2D eigenvalue weighted by Gasteiger charge is 2.40. The highest BCUT2D eigenvalue weighted by Crippen LogP contribution is 2.42. The fraction of sp³-hybridized carbons (Fsp3) is 0.632. The van der Waals surface area contributed by atoms with Gasteiger partial charge in [0.25, 0.3) is 0 Å². The van der Waals surface area contributed by atoms with E-state index < -0.39 is 0 Å². The van der Waals surface area contributed by atoms with Gasteiger partial charge in [-0.05, 0) is 43.1 Å². The zero-order valence-electron chi connectivity index (χ0n) is 13.3. The summed E-state index contributed by atoms with van der Waals surface area (Å²) in [4.78, 5) is 2.65. The number of hydrogen-bond donors (Lipinski definition) is 0. The summed E-state index contributed by atoms with van der Waals surface area (Å²) in [5, 5.41) is 9.76. The van der Waals surface area contributed by atoms with Gasteiger partial charge in [-0.25, -0.2) is 0 Å². The van der Waals surface area contributed by atoms with Crippen molar-refractivity contribution in [1.29, 1.82) is 5.26 Å². The van der Waals surface area contributed by atoms with Crippen molar-refractivity contribution in [2.24, 2.45) is 5.41 Å². The Morgan fingerprint density at radius 2 is 1.76 bits per heavy atom. The first-order chi connectivity index (χ1) is 10.0. The third-order valence-corrected chi connectivity index (χ3v) is 5.65. The minimum atomic E-state index is -0.258. The summed E-state index contributed by atoms with van der Waals surface area (Å²) in [6, 6.07) is 13.8. The maximum atomic E-state index is 9.76. The first-order valence-corrected chi connectivity index (χ1v) is 8.26. The van der Waals surface area contributed by atoms with Crippen LogP contribution >= 0.6 is 0 Å². The first-order valence-electron chi connectivity index (χ1n) is 8.26. The first kappa shape index (κ1) is 14.6. The number of likely N-dealkylation sites (tertiary alicyclic amines) is 1. The van der Waals surface area contributed by atoms with Gasteiger partial charge in [0.15, 0.2) is 0 Å². The largest absolute Gasteiger partial charge is 0.300 e. The molecule has 0 bridgehead atoms. The van der Waals surface area contributed by atoms with E-state index in [2.05, 4.69) is 49.1 Å². The predicted molar refractivity (Wildman–Crippen MR) is 86.0 cm³/mol. The predicted octanol–water partition coefficient (Wildman–Crippen LogP) is 4.12. The van der Waals surface area contributed by atoms with E-state index in [4.69, 9.17) is 0 Å². The van der Waals surface area contributed by atoms with Crippen LogP contribution in [0, 0.1) is 16.7 Å². The van der Waals surface area contributed by atoms with Crippen LogP contribution in [0.3, 0.4) is 0 Å². The monoisotopic (exact) mass is 282 g/mol. The summed E-state index contributed by atoms with van der Waals surface area (Å²) in [6.07, 6.45) is 5.95. The lowest BCUT2D eigenvalue weighted by Crippen LogP contribution is -2.46. The van der Waals surface area contributed by atoms with Crippen LogP contribution in [-0.4, -0.2) is 24.0 Å². The number of hydrogen-bond acceptors (Lipinski definition) is 2. The molecule has 0 aromatic heterocycles. The normalized spacial score (nSPS) is 28.1. The molecule has 1 aliphatic heterocycles. The van der Waals surface area contributed by atoms with Crippen molar-refractivity contribution in [3.63, 3.8) is 0 Å². The van der Waals surface area contributed by atoms with Crippen LogP contribution in [0.5, 0.6) is 0 Å². The summed E-state index contributed by atoms with van der Waals surface area (Å²) < 4.78 is 0. The lowest BCUT2D eigenvalue weighted by Gasteiger charge is -2.40. The molecule has 1 saturated carbocycles. The minimum absolute atomic E-state index is 0.258. The third kappa shape index (κ3) is 2.85. The summed E-state index contributed by atoms with van der Waals surface area (Å²) in [5.41, 5.74) is 1.46. The van der Waals surface area contributed by atoms with E-state index in [1.807, 2.05) is 6.07 Å². The number of benzene rings is 1. The summed E-state index contributed by atoms with van der Waals surface area (Å²) in [7, 11) is 0. The van der Waals surface area contributed by atoms with Gasteiger partial charge in [-0.15, -0.1) is 0 Å². The second kappa shape index (κ2) is 5.46. The lowest BCUT2D eigenvalue weighted by atomic mass is 9.74. The Kier molecular flexibility index (Phi) is 3.80. The van der Waals surface area contributed by atoms with Crippen LogP contribution in [-0.2, 0) is 5.41 Å². The molecule has 21 heavy (non-hydrogen) atoms. The van der Waals surface area contributed by atoms with Crippen LogP contribution in [0.1, 0.15) is 51.5 Å². The van der Waals surface area contributed by atoms with E-state index in [1.165, 1.54) is 24.8 Å². The van der Waals surface area contributed by atoms with Crippen LogP contribution in [0.2, 0.25) is 0 Å². The Hall–Kier alpha value is -1.33. The van der Waals surface area contributed by atoms with Crippen molar-refractivity contribution in [2.45, 2.75) is 57.4 Å². The second-order valence-electron chi connectivity index (χ2n) is 7.66. The molecule has 0 spiro atoms. The SMILES string of the molecule is CC1(C)CCC(N2CCC(C#N)(c3ccccc3)CC2)C1. The maximum absolute atomic E-state index is 9.76. The second-order valence-corrected chi connectivity index (χ2v) is 7.66. The number of nitriles is 1. The average Bonchev–Trinajstić information content (AvgIpc) is 2.88. The van der Waals surface area contributed by atoms with Gasteiger partial charge in [0.1, 0.15) is 0 Å². The number of nitrogens with zero attached hydrogens (tertiary/aromatic N) is 2. The van der Waals surface area contributed by atoms with Crippen molar-refractivity contribution < 1.29 is 0 Å². The molecule has 0 N–H and O–H groups in total. The topological polar surface area (TPSA) is 27.0 Å². The van der Waals surface area contributed by atoms with Crippen molar-refractivity contribution >= 4 is 0 Å². The van der Waals surface area contributed by atoms with E-state index in [-0.39, 0.29) is 5.41 Å². The van der Waals surface area contributed by atoms with Gasteiger partial charge in [-0.2, -0.15) is 5.26 Å². The Bertz CT molecular complexity index is 518. The van der Waals surface area contributed by atoms with Gasteiger partial charge in [-0.1, -0.05) is 44.2 Å². The van der Waals surface area contributed by atoms with Gasteiger partial charge in [-0.3, -0.25) is 0 Å². The molecule has 0 radical (unpaired) electrons. The molecule has 1 aromatic rings. The molecule has 3 rings (SSSR count). The molecule has 1 unspecified atom stereocenters. The lowest BCUT2D eigenvalue weighted by molar-refractivity contribution is 0.128. The minimum Gasteiger partial charge on any atom is -0.300 e. The van der Waals surface area contributed by atoms with Gasteiger partial charge >= 0.3 is 0 Å². The van der Waals surface area contributed by atoms with E-state index in [9.17, 15) is 5.26 Å². The Morgan fingerprint density at radius 1 is 1.10 bits per heavy atom. The van der Waals surface area contributed by atoms with Crippen molar-refractivity contribution in [3.05, 3.63) is 35.9 Å². The fourth-order valence-electron chi connectivity index (χ4n) is 4.20. The number of rotatable bonds is 2. The molecule has 112 valence electrons. The molecule has 0 amide bonds. The third-order valence-electron chi connectivity index (χ3n) is 5.65. The van der Waals surface area contributed by atoms with Crippen LogP contribution in [0.15, 0.2) is 30.3 Å². The molecule has 2 fully saturated rings. The van der Waals surface area contributed by atoms with Crippen LogP contribution in [0.4, 0.5) is 0 Å². The molecule has 1 atom stereocenters. The molecule has 1 saturated heterocycles. The van der Waals surface area contributed by atoms with Gasteiger partial charge in [0.05, 0.1) is 11.5 Å². The van der Waals surface area contributed by atoms with Gasteiger partial charge < -0.3 is 4.90 Å². The van der Waals surface area contributed by atoms with Crippen molar-refractivity contribution in [1.82, 2.24) is 4.90 Å². The average molecular weight is 282 g/mol. The highest BCUT2D eigenvalue weighted by atomic mass is 15.2. The summed E-state index contributed by atoms with van der Waals surface area (Å²) in [6.45, 7) is 6.92. The Balaban J connectivity index is 1.68. The summed E-state index contributed by atoms with van der Waals surface area (Å²) in [5.74, 6) is 0. The van der Waals surface area contributed by atoms with Crippen molar-refractivity contribution in [3.8, 4) is 6.07 Å². The van der Waals surface area contributed by atoms with E-state index >= 15 is 0 Å². The zero-order valence-corrected chi connectivity index (χ0v) is 13.3. The molecule has 1 aromatic carbocycles. The van der Waals surface area contributed by atoms with Gasteiger partial charge in [0.2, 0.25) is 0 Å². The number of piperidine rings is 1. The standard InChI is InChI=1S/C19H26N2/c1-18(2)9-8-17(14-18)21-12-10-19(15-20,11-13-21)16-6-4-3-5-7-16/h3-7,17H,8-14H2,1-2H3. The molecule has 2 heteroatoms. The van der Waals surface area contributed by atoms with Crippen LogP contribution in [0.25, 0.3) is 0 Å². The molecule has 1 aliphatic carbocycles. The van der Waals surface area contributed by atoms with E-state index in [1.54, 1.807) is 0 Å². The molecule has 2 nitrogen and oxygen atoms in total. The quantitative estimate of drug-likeness (QED) is 0.815. The van der Waals surface area contributed by atoms with Crippen LogP contribution < -0.4 is 0 Å². The maximum Gasteiger partial charge on any atom is 0.0846 e. The smallest absolute Gasteiger partial charge is 0.0846 e. The Morgan fingerprint density at radius 3 is 2.29 bits per heavy atom. The van der Waals surface area contributed by atoms with Gasteiger partial charge in [0, 0.05) is 19.1 Å². The summed E-state index contributed by atoms with van der Waals surface area (Å²) >= 11 is 0. The molecular formula is C19H26N2. The highest BCUT2D eigenvalue weighted by molar-refractivity contribution is 5.33. The van der Waals surface area contributed by atoms with Crippen molar-refractivity contribution in [2.75, 3.05) is 13.1 Å². The fourth-order valence-corrected chi connectivity index (χ4v) is 4.20. The molecule has 2 aliphatic rings. The molecular weight excluding hydrogens is 256 g/mol. The zero-order chi connectivity index (χ0) is 14.9. The Labute approximate surface area is 128 Å². The van der Waals surface area contributed by atoms with E-state index in [0.717, 1.165) is 32.0 Å². The molecule has 1 heterocycles. The van der Waals surface area contributed by atoms with E-state index in [0.29, 0.717) is 5.41 Å².